The zero-order chi connectivity index (χ0) is 24.7. The molecule has 0 amide bonds. The van der Waals surface area contributed by atoms with Crippen molar-refractivity contribution in [1.82, 2.24) is 19.6 Å². The van der Waals surface area contributed by atoms with Gasteiger partial charge in [-0.3, -0.25) is 4.68 Å². The molecule has 2 heterocycles. The summed E-state index contributed by atoms with van der Waals surface area (Å²) < 4.78 is 33.3. The Hall–Kier alpha value is -2.99. The maximum Gasteiger partial charge on any atom is 0.238 e. The van der Waals surface area contributed by atoms with E-state index in [0.29, 0.717) is 23.6 Å². The molecule has 2 aromatic carbocycles. The minimum Gasteiger partial charge on any atom is -0.398 e. The Morgan fingerprint density at radius 1 is 1.12 bits per heavy atom. The van der Waals surface area contributed by atoms with E-state index in [2.05, 4.69) is 24.7 Å². The zero-order valence-electron chi connectivity index (χ0n) is 19.8. The molecule has 180 valence electrons. The lowest BCUT2D eigenvalue weighted by Crippen LogP contribution is -2.22. The molecular weight excluding hydrogens is 468 g/mol. The number of nitrogens with two attached hydrogens (primary N) is 2. The summed E-state index contributed by atoms with van der Waals surface area (Å²) in [5.41, 5.74) is 10.8. The summed E-state index contributed by atoms with van der Waals surface area (Å²) in [5.74, 6) is 0. The van der Waals surface area contributed by atoms with Gasteiger partial charge in [0.2, 0.25) is 10.0 Å². The van der Waals surface area contributed by atoms with E-state index in [0.717, 1.165) is 28.1 Å². The molecule has 0 bridgehead atoms. The lowest BCUT2D eigenvalue weighted by atomic mass is 10.0. The number of sulfonamides is 1. The molecule has 4 N–H and O–H groups in total. The molecule has 0 aliphatic carbocycles. The van der Waals surface area contributed by atoms with Crippen LogP contribution in [0.1, 0.15) is 0 Å². The standard InChI is InChI=1S/C23H30N6O3SSi/c1-28-14-17(13-26-28)19-12-22-20(11-21(19)24)23(16-6-5-7-18(10-16)33(25,30)31)27-29(22)15-32-8-9-34(2,3)4/h5-7,10-14H,8-9,15,24H2,1-4H3,(H2,25,30,31). The summed E-state index contributed by atoms with van der Waals surface area (Å²) in [6.07, 6.45) is 3.67. The minimum atomic E-state index is -3.85. The quantitative estimate of drug-likeness (QED) is 0.217. The fourth-order valence-corrected chi connectivity index (χ4v) is 5.02. The number of hydrogen-bond acceptors (Lipinski definition) is 6. The minimum absolute atomic E-state index is 0.0269. The van der Waals surface area contributed by atoms with Crippen LogP contribution in [-0.2, 0) is 28.5 Å². The summed E-state index contributed by atoms with van der Waals surface area (Å²) in [6.45, 7) is 7.83. The molecule has 0 spiro atoms. The highest BCUT2D eigenvalue weighted by molar-refractivity contribution is 7.89. The molecule has 11 heteroatoms. The van der Waals surface area contributed by atoms with Gasteiger partial charge in [0.15, 0.2) is 0 Å². The first-order valence-corrected chi connectivity index (χ1v) is 16.2. The topological polar surface area (TPSA) is 131 Å². The Balaban J connectivity index is 1.82. The van der Waals surface area contributed by atoms with Gasteiger partial charge in [0.1, 0.15) is 12.4 Å². The third-order valence-electron chi connectivity index (χ3n) is 5.58. The lowest BCUT2D eigenvalue weighted by Gasteiger charge is -2.15. The van der Waals surface area contributed by atoms with Gasteiger partial charge in [-0.1, -0.05) is 31.8 Å². The Morgan fingerprint density at radius 3 is 2.53 bits per heavy atom. The van der Waals surface area contributed by atoms with Crippen molar-refractivity contribution in [3.63, 3.8) is 0 Å². The Bertz CT molecular complexity index is 1450. The summed E-state index contributed by atoms with van der Waals surface area (Å²) in [6, 6.07) is 11.3. The van der Waals surface area contributed by atoms with E-state index in [1.807, 2.05) is 25.4 Å². The van der Waals surface area contributed by atoms with Crippen LogP contribution in [0.25, 0.3) is 33.3 Å². The van der Waals surface area contributed by atoms with Crippen LogP contribution in [0, 0.1) is 0 Å². The molecule has 0 aliphatic rings. The molecule has 9 nitrogen and oxygen atoms in total. The number of ether oxygens (including phenoxy) is 1. The van der Waals surface area contributed by atoms with Crippen LogP contribution < -0.4 is 10.9 Å². The number of anilines is 1. The largest absolute Gasteiger partial charge is 0.398 e. The number of aryl methyl sites for hydroxylation is 1. The monoisotopic (exact) mass is 498 g/mol. The van der Waals surface area contributed by atoms with Crippen LogP contribution in [-0.4, -0.2) is 42.7 Å². The number of aromatic nitrogens is 4. The fraction of sp³-hybridized carbons (Fsp3) is 0.304. The molecule has 34 heavy (non-hydrogen) atoms. The van der Waals surface area contributed by atoms with E-state index in [1.54, 1.807) is 27.7 Å². The second kappa shape index (κ2) is 8.99. The van der Waals surface area contributed by atoms with Crippen molar-refractivity contribution in [2.75, 3.05) is 12.3 Å². The third kappa shape index (κ3) is 5.22. The third-order valence-corrected chi connectivity index (χ3v) is 8.20. The van der Waals surface area contributed by atoms with Crippen molar-refractivity contribution >= 4 is 34.7 Å². The smallest absolute Gasteiger partial charge is 0.238 e. The molecule has 0 saturated heterocycles. The highest BCUT2D eigenvalue weighted by Gasteiger charge is 2.19. The van der Waals surface area contributed by atoms with Crippen LogP contribution in [0.15, 0.2) is 53.7 Å². The fourth-order valence-electron chi connectivity index (χ4n) is 3.71. The number of primary sulfonamides is 1. The summed E-state index contributed by atoms with van der Waals surface area (Å²) in [5, 5.41) is 15.2. The van der Waals surface area contributed by atoms with Gasteiger partial charge in [0, 0.05) is 55.7 Å². The zero-order valence-corrected chi connectivity index (χ0v) is 21.6. The number of fused-ring (bicyclic) bond motifs is 1. The number of nitrogens with zero attached hydrogens (tertiary/aromatic N) is 4. The van der Waals surface area contributed by atoms with Gasteiger partial charge in [-0.05, 0) is 30.3 Å². The summed E-state index contributed by atoms with van der Waals surface area (Å²) in [7, 11) is -3.22. The molecule has 0 atom stereocenters. The molecule has 4 rings (SSSR count). The maximum atomic E-state index is 11.9. The summed E-state index contributed by atoms with van der Waals surface area (Å²) in [4.78, 5) is 0.0269. The number of benzene rings is 2. The Labute approximate surface area is 200 Å². The second-order valence-electron chi connectivity index (χ2n) is 9.63. The van der Waals surface area contributed by atoms with Crippen LogP contribution >= 0.6 is 0 Å². The van der Waals surface area contributed by atoms with Crippen molar-refractivity contribution in [3.05, 3.63) is 48.8 Å². The first-order valence-electron chi connectivity index (χ1n) is 10.9. The maximum absolute atomic E-state index is 11.9. The van der Waals surface area contributed by atoms with E-state index >= 15 is 0 Å². The normalized spacial score (nSPS) is 12.5. The molecule has 0 radical (unpaired) electrons. The van der Waals surface area contributed by atoms with Gasteiger partial charge in [0.05, 0.1) is 16.6 Å². The predicted octanol–water partition coefficient (Wildman–Crippen LogP) is 3.65. The van der Waals surface area contributed by atoms with Gasteiger partial charge < -0.3 is 10.5 Å². The Morgan fingerprint density at radius 2 is 1.88 bits per heavy atom. The van der Waals surface area contributed by atoms with Crippen LogP contribution in [0.2, 0.25) is 25.7 Å². The lowest BCUT2D eigenvalue weighted by molar-refractivity contribution is 0.0818. The van der Waals surface area contributed by atoms with Gasteiger partial charge in [-0.15, -0.1) is 0 Å². The van der Waals surface area contributed by atoms with Gasteiger partial charge >= 0.3 is 0 Å². The predicted molar refractivity (Wildman–Crippen MR) is 137 cm³/mol. The van der Waals surface area contributed by atoms with Crippen LogP contribution in [0.3, 0.4) is 0 Å². The summed E-state index contributed by atoms with van der Waals surface area (Å²) >= 11 is 0. The van der Waals surface area contributed by atoms with Crippen molar-refractivity contribution in [3.8, 4) is 22.4 Å². The van der Waals surface area contributed by atoms with E-state index in [9.17, 15) is 8.42 Å². The molecule has 2 aromatic heterocycles. The van der Waals surface area contributed by atoms with Gasteiger partial charge in [-0.2, -0.15) is 10.2 Å². The van der Waals surface area contributed by atoms with Crippen LogP contribution in [0.5, 0.6) is 0 Å². The van der Waals surface area contributed by atoms with Crippen LogP contribution in [0.4, 0.5) is 5.69 Å². The van der Waals surface area contributed by atoms with E-state index in [-0.39, 0.29) is 11.6 Å². The average molecular weight is 499 g/mol. The van der Waals surface area contributed by atoms with E-state index in [1.165, 1.54) is 12.1 Å². The van der Waals surface area contributed by atoms with E-state index in [4.69, 9.17) is 20.7 Å². The second-order valence-corrected chi connectivity index (χ2v) is 16.8. The molecule has 0 unspecified atom stereocenters. The Kier molecular flexibility index (Phi) is 6.38. The molecule has 0 fully saturated rings. The van der Waals surface area contributed by atoms with Crippen molar-refractivity contribution < 1.29 is 13.2 Å². The van der Waals surface area contributed by atoms with Crippen molar-refractivity contribution in [1.29, 1.82) is 0 Å². The van der Waals surface area contributed by atoms with Gasteiger partial charge in [0.25, 0.3) is 0 Å². The van der Waals surface area contributed by atoms with Crippen molar-refractivity contribution in [2.24, 2.45) is 12.2 Å². The van der Waals surface area contributed by atoms with E-state index < -0.39 is 18.1 Å². The highest BCUT2D eigenvalue weighted by Crippen LogP contribution is 2.36. The number of nitrogen functional groups attached to an aromatic ring is 1. The van der Waals surface area contributed by atoms with Crippen molar-refractivity contribution in [2.45, 2.75) is 37.3 Å². The first kappa shape index (κ1) is 24.1. The SMILES string of the molecule is Cn1cc(-c2cc3c(cc2N)c(-c2cccc(S(N)(=O)=O)c2)nn3COCC[Si](C)(C)C)cn1. The first-order chi connectivity index (χ1) is 15.9. The molecule has 0 aliphatic heterocycles. The van der Waals surface area contributed by atoms with Gasteiger partial charge in [-0.25, -0.2) is 18.2 Å². The average Bonchev–Trinajstić information content (AvgIpc) is 3.33. The number of hydrogen-bond donors (Lipinski definition) is 2. The molecule has 0 saturated carbocycles. The molecular formula is C23H30N6O3SSi. The highest BCUT2D eigenvalue weighted by atomic mass is 32.2. The number of rotatable bonds is 8. The molecule has 4 aromatic rings.